The number of imidazole rings is 1. The van der Waals surface area contributed by atoms with Gasteiger partial charge in [0, 0.05) is 19.2 Å². The molecule has 2 aromatic heterocycles. The molecule has 1 amide bonds. The first-order valence-electron chi connectivity index (χ1n) is 11.4. The summed E-state index contributed by atoms with van der Waals surface area (Å²) >= 11 is 0. The number of fused-ring (bicyclic) bond motifs is 1. The van der Waals surface area contributed by atoms with Gasteiger partial charge in [-0.05, 0) is 43.5 Å². The van der Waals surface area contributed by atoms with Crippen molar-refractivity contribution in [3.05, 3.63) is 65.3 Å². The van der Waals surface area contributed by atoms with E-state index in [0.29, 0.717) is 53.6 Å². The number of hydrogen-bond donors (Lipinski definition) is 1. The van der Waals surface area contributed by atoms with Gasteiger partial charge >= 0.3 is 5.69 Å². The van der Waals surface area contributed by atoms with E-state index in [1.54, 1.807) is 34.6 Å². The lowest BCUT2D eigenvalue weighted by atomic mass is 10.2. The van der Waals surface area contributed by atoms with E-state index >= 15 is 0 Å². The van der Waals surface area contributed by atoms with Crippen molar-refractivity contribution in [1.29, 1.82) is 0 Å². The third kappa shape index (κ3) is 4.01. The number of para-hydroxylation sites is 1. The van der Waals surface area contributed by atoms with Crippen LogP contribution < -0.4 is 20.9 Å². The van der Waals surface area contributed by atoms with Crippen LogP contribution in [0, 0.1) is 11.8 Å². The van der Waals surface area contributed by atoms with Gasteiger partial charge in [-0.2, -0.15) is 0 Å². The summed E-state index contributed by atoms with van der Waals surface area (Å²) in [6.45, 7) is 2.47. The normalized spacial score (nSPS) is 14.9. The predicted molar refractivity (Wildman–Crippen MR) is 134 cm³/mol. The topological polar surface area (TPSA) is 118 Å². The van der Waals surface area contributed by atoms with Crippen LogP contribution >= 0.6 is 0 Å². The first-order chi connectivity index (χ1) is 17.5. The van der Waals surface area contributed by atoms with Crippen LogP contribution in [0.15, 0.2) is 59.7 Å². The molecular weight excluding hydrogens is 460 g/mol. The number of rotatable bonds is 5. The van der Waals surface area contributed by atoms with Crippen molar-refractivity contribution in [1.82, 2.24) is 24.0 Å². The third-order valence-corrected chi connectivity index (χ3v) is 6.10. The number of benzene rings is 2. The standard InChI is InChI=1S/C26H24N6O4/c1-3-7-22(33)30-13-12-18(15-30)32-25-23(24(27)28-16-29-25)31(26(32)34)17-10-11-20(21(14-17)35-2)36-19-8-5-4-6-9-19/h4-6,8-11,14,16,18H,12-13,15H2,1-2H3,(H2,27,28,29). The fraction of sp³-hybridized carbons (Fsp3) is 0.231. The van der Waals surface area contributed by atoms with Gasteiger partial charge in [0.25, 0.3) is 5.91 Å². The molecule has 3 heterocycles. The lowest BCUT2D eigenvalue weighted by molar-refractivity contribution is -0.124. The maximum Gasteiger partial charge on any atom is 0.335 e. The summed E-state index contributed by atoms with van der Waals surface area (Å²) in [6, 6.07) is 14.2. The molecule has 0 saturated carbocycles. The lowest BCUT2D eigenvalue weighted by Crippen LogP contribution is -2.31. The number of carbonyl (C=O) groups is 1. The average Bonchev–Trinajstić information content (AvgIpc) is 3.48. The lowest BCUT2D eigenvalue weighted by Gasteiger charge is -2.14. The summed E-state index contributed by atoms with van der Waals surface area (Å²) in [4.78, 5) is 36.2. The summed E-state index contributed by atoms with van der Waals surface area (Å²) in [6.07, 6.45) is 1.92. The number of carbonyl (C=O) groups excluding carboxylic acids is 1. The van der Waals surface area contributed by atoms with E-state index in [1.807, 2.05) is 30.3 Å². The Labute approximate surface area is 206 Å². The van der Waals surface area contributed by atoms with E-state index in [-0.39, 0.29) is 23.5 Å². The number of ether oxygens (including phenoxy) is 2. The molecule has 5 rings (SSSR count). The van der Waals surface area contributed by atoms with Gasteiger partial charge in [-0.3, -0.25) is 13.9 Å². The molecule has 4 aromatic rings. The van der Waals surface area contributed by atoms with Gasteiger partial charge < -0.3 is 20.1 Å². The molecule has 36 heavy (non-hydrogen) atoms. The van der Waals surface area contributed by atoms with Crippen molar-refractivity contribution in [3.63, 3.8) is 0 Å². The molecule has 0 radical (unpaired) electrons. The van der Waals surface area contributed by atoms with E-state index in [2.05, 4.69) is 21.8 Å². The number of amides is 1. The van der Waals surface area contributed by atoms with E-state index in [4.69, 9.17) is 15.2 Å². The van der Waals surface area contributed by atoms with Crippen molar-refractivity contribution >= 4 is 22.9 Å². The van der Waals surface area contributed by atoms with Crippen molar-refractivity contribution < 1.29 is 14.3 Å². The number of anilines is 1. The third-order valence-electron chi connectivity index (χ3n) is 6.10. The maximum atomic E-state index is 13.8. The molecule has 1 fully saturated rings. The molecular formula is C26H24N6O4. The Balaban J connectivity index is 1.59. The molecule has 0 bridgehead atoms. The summed E-state index contributed by atoms with van der Waals surface area (Å²) in [5, 5.41) is 0. The van der Waals surface area contributed by atoms with Gasteiger partial charge in [-0.1, -0.05) is 24.1 Å². The van der Waals surface area contributed by atoms with Crippen LogP contribution in [0.2, 0.25) is 0 Å². The monoisotopic (exact) mass is 484 g/mol. The van der Waals surface area contributed by atoms with Crippen LogP contribution in [0.25, 0.3) is 16.9 Å². The predicted octanol–water partition coefficient (Wildman–Crippen LogP) is 2.76. The summed E-state index contributed by atoms with van der Waals surface area (Å²) in [5.41, 5.74) is 7.20. The fourth-order valence-electron chi connectivity index (χ4n) is 4.45. The molecule has 10 heteroatoms. The molecule has 1 atom stereocenters. The van der Waals surface area contributed by atoms with E-state index in [9.17, 15) is 9.59 Å². The maximum absolute atomic E-state index is 13.8. The van der Waals surface area contributed by atoms with Crippen molar-refractivity contribution in [2.24, 2.45) is 0 Å². The molecule has 0 spiro atoms. The minimum absolute atomic E-state index is 0.169. The molecule has 1 saturated heterocycles. The number of aromatic nitrogens is 4. The Morgan fingerprint density at radius 3 is 2.69 bits per heavy atom. The van der Waals surface area contributed by atoms with E-state index in [1.165, 1.54) is 18.0 Å². The smallest absolute Gasteiger partial charge is 0.335 e. The van der Waals surface area contributed by atoms with Crippen molar-refractivity contribution in [3.8, 4) is 34.8 Å². The number of methoxy groups -OCH3 is 1. The van der Waals surface area contributed by atoms with Crippen LogP contribution in [0.4, 0.5) is 5.82 Å². The van der Waals surface area contributed by atoms with Gasteiger partial charge in [-0.15, -0.1) is 0 Å². The molecule has 1 unspecified atom stereocenters. The Morgan fingerprint density at radius 2 is 1.94 bits per heavy atom. The highest BCUT2D eigenvalue weighted by atomic mass is 16.5. The largest absolute Gasteiger partial charge is 0.493 e. The number of nitrogen functional groups attached to an aromatic ring is 1. The molecule has 2 aromatic carbocycles. The second-order valence-corrected chi connectivity index (χ2v) is 8.24. The van der Waals surface area contributed by atoms with Crippen LogP contribution in [0.3, 0.4) is 0 Å². The van der Waals surface area contributed by atoms with Gasteiger partial charge in [0.05, 0.1) is 18.8 Å². The van der Waals surface area contributed by atoms with Gasteiger partial charge in [0.2, 0.25) is 0 Å². The minimum atomic E-state index is -0.336. The molecule has 0 aliphatic carbocycles. The van der Waals surface area contributed by atoms with Gasteiger partial charge in [0.15, 0.2) is 23.0 Å². The molecule has 1 aliphatic heterocycles. The van der Waals surface area contributed by atoms with Crippen LogP contribution in [-0.2, 0) is 4.79 Å². The first-order valence-corrected chi connectivity index (χ1v) is 11.4. The van der Waals surface area contributed by atoms with E-state index < -0.39 is 0 Å². The number of nitrogens with zero attached hydrogens (tertiary/aromatic N) is 5. The summed E-state index contributed by atoms with van der Waals surface area (Å²) in [5.74, 6) is 6.69. The highest BCUT2D eigenvalue weighted by molar-refractivity contribution is 5.93. The SMILES string of the molecule is CC#CC(=O)N1CCC(n2c(=O)n(-c3ccc(Oc4ccccc4)c(OC)c3)c3c(N)ncnc32)C1. The zero-order chi connectivity index (χ0) is 25.2. The second-order valence-electron chi connectivity index (χ2n) is 8.24. The minimum Gasteiger partial charge on any atom is -0.493 e. The number of likely N-dealkylation sites (tertiary alicyclic amines) is 1. The Hall–Kier alpha value is -4.78. The highest BCUT2D eigenvalue weighted by Crippen LogP contribution is 2.34. The quantitative estimate of drug-likeness (QED) is 0.433. The second kappa shape index (κ2) is 9.46. The highest BCUT2D eigenvalue weighted by Gasteiger charge is 2.31. The Kier molecular flexibility index (Phi) is 6.04. The van der Waals surface area contributed by atoms with Gasteiger partial charge in [0.1, 0.15) is 17.6 Å². The fourth-order valence-corrected chi connectivity index (χ4v) is 4.45. The first kappa shape index (κ1) is 23.0. The zero-order valence-corrected chi connectivity index (χ0v) is 19.8. The van der Waals surface area contributed by atoms with Crippen LogP contribution in [0.1, 0.15) is 19.4 Å². The average molecular weight is 485 g/mol. The zero-order valence-electron chi connectivity index (χ0n) is 19.8. The number of nitrogens with two attached hydrogens (primary N) is 1. The Bertz CT molecular complexity index is 1560. The van der Waals surface area contributed by atoms with E-state index in [0.717, 1.165) is 0 Å². The molecule has 182 valence electrons. The molecule has 10 nitrogen and oxygen atoms in total. The van der Waals surface area contributed by atoms with Crippen molar-refractivity contribution in [2.75, 3.05) is 25.9 Å². The summed E-state index contributed by atoms with van der Waals surface area (Å²) < 4.78 is 14.6. The Morgan fingerprint density at radius 1 is 1.14 bits per heavy atom. The van der Waals surface area contributed by atoms with Gasteiger partial charge in [-0.25, -0.2) is 14.8 Å². The van der Waals surface area contributed by atoms with Crippen LogP contribution in [-0.4, -0.2) is 50.1 Å². The molecule has 2 N–H and O–H groups in total. The number of hydrogen-bond acceptors (Lipinski definition) is 7. The van der Waals surface area contributed by atoms with Crippen LogP contribution in [0.5, 0.6) is 17.2 Å². The van der Waals surface area contributed by atoms with Crippen molar-refractivity contribution in [2.45, 2.75) is 19.4 Å². The molecule has 1 aliphatic rings. The summed E-state index contributed by atoms with van der Waals surface area (Å²) in [7, 11) is 1.53.